The molecular weight excluding hydrogens is 602 g/mol. The summed E-state index contributed by atoms with van der Waals surface area (Å²) in [6, 6.07) is 29.0. The average molecular weight is 656 g/mol. The molecule has 4 aliphatic rings. The lowest BCUT2D eigenvalue weighted by molar-refractivity contribution is 0.0754. The van der Waals surface area contributed by atoms with E-state index in [0.717, 1.165) is 61.8 Å². The van der Waals surface area contributed by atoms with E-state index >= 15 is 0 Å². The Morgan fingerprint density at radius 1 is 0.857 bits per heavy atom. The first kappa shape index (κ1) is 33.5. The summed E-state index contributed by atoms with van der Waals surface area (Å²) < 4.78 is 19.5. The van der Waals surface area contributed by atoms with Crippen LogP contribution >= 0.6 is 0 Å². The van der Waals surface area contributed by atoms with Crippen LogP contribution in [0.2, 0.25) is 0 Å². The van der Waals surface area contributed by atoms with E-state index in [1.165, 1.54) is 33.5 Å². The largest absolute Gasteiger partial charge is 0.498 e. The fourth-order valence-corrected chi connectivity index (χ4v) is 8.76. The summed E-state index contributed by atoms with van der Waals surface area (Å²) in [5.41, 5.74) is 9.36. The normalized spacial score (nSPS) is 29.8. The van der Waals surface area contributed by atoms with Gasteiger partial charge in [-0.2, -0.15) is 0 Å². The van der Waals surface area contributed by atoms with Crippen molar-refractivity contribution >= 4 is 11.3 Å². The van der Waals surface area contributed by atoms with Gasteiger partial charge in [0.25, 0.3) is 0 Å². The lowest BCUT2D eigenvalue weighted by Crippen LogP contribution is -2.47. The first-order valence-electron chi connectivity index (χ1n) is 18.3. The minimum absolute atomic E-state index is 0.0358. The maximum Gasteiger partial charge on any atom is 0.177 e. The predicted molar refractivity (Wildman–Crippen MR) is 201 cm³/mol. The smallest absolute Gasteiger partial charge is 0.177 e. The van der Waals surface area contributed by atoms with Crippen LogP contribution in [0, 0.1) is 17.3 Å². The van der Waals surface area contributed by atoms with Gasteiger partial charge in [0.05, 0.1) is 31.3 Å². The van der Waals surface area contributed by atoms with Crippen molar-refractivity contribution in [3.8, 4) is 0 Å². The fourth-order valence-electron chi connectivity index (χ4n) is 8.76. The molecule has 0 spiro atoms. The van der Waals surface area contributed by atoms with Crippen molar-refractivity contribution in [2.24, 2.45) is 17.3 Å². The van der Waals surface area contributed by atoms with E-state index in [4.69, 9.17) is 14.2 Å². The number of anilines is 1. The lowest BCUT2D eigenvalue weighted by Gasteiger charge is -2.54. The van der Waals surface area contributed by atoms with Crippen LogP contribution in [0.25, 0.3) is 5.57 Å². The van der Waals surface area contributed by atoms with E-state index < -0.39 is 5.60 Å². The van der Waals surface area contributed by atoms with Gasteiger partial charge in [-0.25, -0.2) is 0 Å². The van der Waals surface area contributed by atoms with Gasteiger partial charge in [0.2, 0.25) is 0 Å². The molecule has 2 heterocycles. The molecule has 0 amide bonds. The molecule has 2 aliphatic carbocycles. The molecule has 49 heavy (non-hydrogen) atoms. The number of allylic oxidation sites excluding steroid dienone is 7. The van der Waals surface area contributed by atoms with E-state index in [1.54, 1.807) is 0 Å². The third-order valence-electron chi connectivity index (χ3n) is 12.3. The van der Waals surface area contributed by atoms with Crippen LogP contribution in [0.3, 0.4) is 0 Å². The van der Waals surface area contributed by atoms with Crippen LogP contribution in [0.4, 0.5) is 5.69 Å². The molecule has 256 valence electrons. The molecule has 3 aromatic rings. The monoisotopic (exact) mass is 655 g/mol. The summed E-state index contributed by atoms with van der Waals surface area (Å²) in [5, 5.41) is 0. The minimum Gasteiger partial charge on any atom is -0.498 e. The van der Waals surface area contributed by atoms with Crippen LogP contribution in [-0.4, -0.2) is 32.9 Å². The molecule has 3 aromatic carbocycles. The third-order valence-corrected chi connectivity index (χ3v) is 12.3. The molecule has 1 fully saturated rings. The quantitative estimate of drug-likeness (QED) is 0.256. The van der Waals surface area contributed by atoms with Crippen molar-refractivity contribution in [1.82, 2.24) is 0 Å². The Morgan fingerprint density at radius 2 is 1.53 bits per heavy atom. The molecule has 2 aliphatic heterocycles. The first-order valence-corrected chi connectivity index (χ1v) is 18.3. The van der Waals surface area contributed by atoms with Gasteiger partial charge in [0.1, 0.15) is 0 Å². The Kier molecular flexibility index (Phi) is 8.90. The van der Waals surface area contributed by atoms with E-state index in [2.05, 4.69) is 150 Å². The molecule has 4 nitrogen and oxygen atoms in total. The fraction of sp³-hybridized carbons (Fsp3) is 0.422. The molecule has 0 N–H and O–H groups in total. The molecule has 0 radical (unpaired) electrons. The number of nitrogens with zero attached hydrogens (tertiary/aromatic N) is 1. The number of hydrogen-bond acceptors (Lipinski definition) is 4. The first-order chi connectivity index (χ1) is 23.6. The summed E-state index contributed by atoms with van der Waals surface area (Å²) in [4.78, 5) is 2.41. The van der Waals surface area contributed by atoms with Gasteiger partial charge in [-0.3, -0.25) is 0 Å². The van der Waals surface area contributed by atoms with Gasteiger partial charge < -0.3 is 19.1 Å². The van der Waals surface area contributed by atoms with E-state index in [-0.39, 0.29) is 22.7 Å². The zero-order chi connectivity index (χ0) is 34.4. The number of hydrogen-bond donors (Lipinski definition) is 0. The Hall–Kier alpha value is -4.02. The van der Waals surface area contributed by atoms with E-state index in [9.17, 15) is 0 Å². The van der Waals surface area contributed by atoms with Crippen molar-refractivity contribution in [1.29, 1.82) is 0 Å². The van der Waals surface area contributed by atoms with Crippen LogP contribution in [0.5, 0.6) is 0 Å². The van der Waals surface area contributed by atoms with Crippen LogP contribution in [-0.2, 0) is 25.2 Å². The van der Waals surface area contributed by atoms with Crippen molar-refractivity contribution in [2.45, 2.75) is 72.3 Å². The number of morpholine rings is 1. The van der Waals surface area contributed by atoms with Gasteiger partial charge in [-0.1, -0.05) is 107 Å². The van der Waals surface area contributed by atoms with Gasteiger partial charge in [0.15, 0.2) is 5.60 Å². The standard InChI is InChI=1S/C45H53NO3/c1-8-48-41-30-38-37(29-31(41)2)32(3)49-45(33-15-10-9-11-16-33,34-20-22-35(23-21-34)46-25-27-47-28-26-46)24-14-19-40-42(38)36-17-12-13-18-39(36)43(4,5)44(40,6)7/h9-18,20-24,30-31,40H,8,19,25-29H2,1-7H3/b24-14-,37-32+,42-38-/t31?,40-,45?/m0/s1. The average Bonchev–Trinajstić information content (AvgIpc) is 3.12. The maximum atomic E-state index is 7.50. The van der Waals surface area contributed by atoms with Crippen molar-refractivity contribution in [3.63, 3.8) is 0 Å². The second-order valence-corrected chi connectivity index (χ2v) is 15.4. The summed E-state index contributed by atoms with van der Waals surface area (Å²) in [7, 11) is 0. The highest BCUT2D eigenvalue weighted by Crippen LogP contribution is 2.60. The number of rotatable bonds is 5. The molecule has 4 heteroatoms. The SMILES string of the molecule is CCOC1=CC2=C3\c4ccccc4C(C)(C)C(C)(C)[C@H]3C/C=C\C(c3ccccc3)(c3ccc(N4CCOCC4)cc3)O\C(C)=C\2CC1C. The highest BCUT2D eigenvalue weighted by atomic mass is 16.5. The van der Waals surface area contributed by atoms with E-state index in [1.807, 2.05) is 0 Å². The molecule has 7 rings (SSSR count). The molecule has 0 saturated carbocycles. The number of ether oxygens (including phenoxy) is 3. The van der Waals surface area contributed by atoms with Gasteiger partial charge in [0, 0.05) is 35.8 Å². The zero-order valence-corrected chi connectivity index (χ0v) is 30.5. The molecule has 3 atom stereocenters. The summed E-state index contributed by atoms with van der Waals surface area (Å²) in [6.45, 7) is 20.4. The lowest BCUT2D eigenvalue weighted by atomic mass is 9.50. The predicted octanol–water partition coefficient (Wildman–Crippen LogP) is 10.4. The number of benzene rings is 3. The summed E-state index contributed by atoms with van der Waals surface area (Å²) >= 11 is 0. The zero-order valence-electron chi connectivity index (χ0n) is 30.5. The second-order valence-electron chi connectivity index (χ2n) is 15.4. The molecular formula is C45H53NO3. The summed E-state index contributed by atoms with van der Waals surface area (Å²) in [6.07, 6.45) is 8.89. The number of fused-ring (bicyclic) bond motifs is 4. The minimum atomic E-state index is -0.802. The van der Waals surface area contributed by atoms with E-state index in [0.29, 0.717) is 6.61 Å². The third kappa shape index (κ3) is 5.66. The van der Waals surface area contributed by atoms with Crippen LogP contribution < -0.4 is 4.90 Å². The molecule has 0 aromatic heterocycles. The van der Waals surface area contributed by atoms with Crippen molar-refractivity contribution in [2.75, 3.05) is 37.8 Å². The molecule has 1 saturated heterocycles. The Morgan fingerprint density at radius 3 is 2.24 bits per heavy atom. The maximum absolute atomic E-state index is 7.50. The van der Waals surface area contributed by atoms with Gasteiger partial charge in [-0.05, 0) is 95.6 Å². The molecule has 2 unspecified atom stereocenters. The Labute approximate surface area is 294 Å². The summed E-state index contributed by atoms with van der Waals surface area (Å²) in [5.74, 6) is 2.56. The van der Waals surface area contributed by atoms with Crippen LogP contribution in [0.15, 0.2) is 120 Å². The van der Waals surface area contributed by atoms with Crippen molar-refractivity contribution in [3.05, 3.63) is 142 Å². The topological polar surface area (TPSA) is 30.9 Å². The molecule has 0 bridgehead atoms. The Balaban J connectivity index is 1.48. The highest BCUT2D eigenvalue weighted by molar-refractivity contribution is 5.82. The van der Waals surface area contributed by atoms with Crippen LogP contribution in [0.1, 0.15) is 83.6 Å². The second kappa shape index (κ2) is 13.0. The highest BCUT2D eigenvalue weighted by Gasteiger charge is 2.51. The Bertz CT molecular complexity index is 1800. The van der Waals surface area contributed by atoms with Crippen molar-refractivity contribution < 1.29 is 14.2 Å². The van der Waals surface area contributed by atoms with Gasteiger partial charge >= 0.3 is 0 Å². The van der Waals surface area contributed by atoms with Gasteiger partial charge in [-0.15, -0.1) is 0 Å².